The van der Waals surface area contributed by atoms with Crippen molar-refractivity contribution < 1.29 is 22.4 Å². The molecule has 0 spiro atoms. The van der Waals surface area contributed by atoms with Gasteiger partial charge in [-0.2, -0.15) is 13.2 Å². The number of nitrogens with zero attached hydrogens (tertiary/aromatic N) is 2. The van der Waals surface area contributed by atoms with Crippen LogP contribution in [0.3, 0.4) is 0 Å². The van der Waals surface area contributed by atoms with Crippen LogP contribution >= 0.6 is 11.8 Å². The molecule has 0 saturated heterocycles. The van der Waals surface area contributed by atoms with Gasteiger partial charge in [-0.3, -0.25) is 4.79 Å². The molecule has 1 aromatic heterocycles. The van der Waals surface area contributed by atoms with E-state index in [1.807, 2.05) is 0 Å². The molecule has 0 aliphatic carbocycles. The van der Waals surface area contributed by atoms with E-state index < -0.39 is 11.7 Å². The fraction of sp³-hybridized carbons (Fsp3) is 0.182. The molecule has 0 amide bonds. The monoisotopic (exact) mass is 288 g/mol. The van der Waals surface area contributed by atoms with Crippen LogP contribution in [-0.2, 0) is 6.18 Å². The average molecular weight is 288 g/mol. The Labute approximate surface area is 110 Å². The molecule has 8 heteroatoms. The van der Waals surface area contributed by atoms with Gasteiger partial charge >= 0.3 is 6.18 Å². The molecule has 0 bridgehead atoms. The Morgan fingerprint density at radius 3 is 2.58 bits per heavy atom. The summed E-state index contributed by atoms with van der Waals surface area (Å²) < 4.78 is 43.6. The Kier molecular flexibility index (Phi) is 3.61. The van der Waals surface area contributed by atoms with E-state index in [0.717, 1.165) is 6.07 Å². The molecule has 0 radical (unpaired) electrons. The highest BCUT2D eigenvalue weighted by Gasteiger charge is 2.34. The lowest BCUT2D eigenvalue weighted by atomic mass is 10.1. The van der Waals surface area contributed by atoms with Gasteiger partial charge in [0, 0.05) is 17.4 Å². The summed E-state index contributed by atoms with van der Waals surface area (Å²) in [6.07, 6.45) is -4.20. The predicted molar refractivity (Wildman–Crippen MR) is 60.0 cm³/mol. The van der Waals surface area contributed by atoms with Gasteiger partial charge in [0.15, 0.2) is 0 Å². The highest BCUT2D eigenvalue weighted by molar-refractivity contribution is 7.99. The van der Waals surface area contributed by atoms with Gasteiger partial charge in [0.25, 0.3) is 5.22 Å². The smallest absolute Gasteiger partial charge is 0.416 e. The third-order valence-corrected chi connectivity index (χ3v) is 3.07. The van der Waals surface area contributed by atoms with Crippen molar-refractivity contribution in [3.8, 4) is 0 Å². The van der Waals surface area contributed by atoms with Crippen molar-refractivity contribution in [1.29, 1.82) is 0 Å². The van der Waals surface area contributed by atoms with Gasteiger partial charge < -0.3 is 4.42 Å². The third kappa shape index (κ3) is 3.14. The molecule has 2 rings (SSSR count). The van der Waals surface area contributed by atoms with Crippen LogP contribution < -0.4 is 0 Å². The molecular formula is C11H7F3N2O2S. The van der Waals surface area contributed by atoms with E-state index in [4.69, 9.17) is 4.42 Å². The second kappa shape index (κ2) is 5.04. The van der Waals surface area contributed by atoms with Gasteiger partial charge in [-0.1, -0.05) is 6.07 Å². The summed E-state index contributed by atoms with van der Waals surface area (Å²) in [7, 11) is 0. The zero-order valence-corrected chi connectivity index (χ0v) is 10.4. The number of aldehydes is 1. The average Bonchev–Trinajstić information content (AvgIpc) is 2.74. The normalized spacial score (nSPS) is 11.6. The molecule has 0 aliphatic heterocycles. The molecule has 0 fully saturated rings. The summed E-state index contributed by atoms with van der Waals surface area (Å²) in [5.41, 5.74) is -0.948. The van der Waals surface area contributed by atoms with Gasteiger partial charge in [0.2, 0.25) is 5.89 Å². The summed E-state index contributed by atoms with van der Waals surface area (Å²) in [5.74, 6) is 0.264. The van der Waals surface area contributed by atoms with Crippen LogP contribution in [0.1, 0.15) is 21.8 Å². The van der Waals surface area contributed by atoms with E-state index in [2.05, 4.69) is 10.2 Å². The van der Waals surface area contributed by atoms with Crippen molar-refractivity contribution >= 4 is 18.0 Å². The number of carbonyl (C=O) groups is 1. The molecule has 0 N–H and O–H groups in total. The van der Waals surface area contributed by atoms with Crippen LogP contribution in [0.15, 0.2) is 32.7 Å². The molecule has 2 aromatic rings. The number of hydrogen-bond acceptors (Lipinski definition) is 5. The highest BCUT2D eigenvalue weighted by Crippen LogP contribution is 2.39. The van der Waals surface area contributed by atoms with Crippen LogP contribution in [-0.4, -0.2) is 16.5 Å². The maximum Gasteiger partial charge on any atom is 0.417 e. The van der Waals surface area contributed by atoms with Crippen molar-refractivity contribution in [1.82, 2.24) is 10.2 Å². The second-order valence-electron chi connectivity index (χ2n) is 3.56. The standard InChI is InChI=1S/C11H7F3N2O2S/c1-6-15-16-10(18-6)19-9-3-2-7(5-17)4-8(9)11(12,13)14/h2-5H,1H3. The summed E-state index contributed by atoms with van der Waals surface area (Å²) >= 11 is 0.705. The predicted octanol–water partition coefficient (Wildman–Crippen LogP) is 3.36. The van der Waals surface area contributed by atoms with E-state index in [1.165, 1.54) is 19.1 Å². The van der Waals surface area contributed by atoms with E-state index >= 15 is 0 Å². The lowest BCUT2D eigenvalue weighted by molar-refractivity contribution is -0.139. The minimum absolute atomic E-state index is 0.0156. The van der Waals surface area contributed by atoms with Crippen molar-refractivity contribution in [2.75, 3.05) is 0 Å². The van der Waals surface area contributed by atoms with Crippen LogP contribution in [0.4, 0.5) is 13.2 Å². The van der Waals surface area contributed by atoms with Gasteiger partial charge in [0.1, 0.15) is 6.29 Å². The second-order valence-corrected chi connectivity index (χ2v) is 4.55. The number of aromatic nitrogens is 2. The van der Waals surface area contributed by atoms with Gasteiger partial charge in [0.05, 0.1) is 5.56 Å². The van der Waals surface area contributed by atoms with Gasteiger partial charge in [-0.25, -0.2) is 0 Å². The van der Waals surface area contributed by atoms with Crippen LogP contribution in [0.2, 0.25) is 0 Å². The Bertz CT molecular complexity index is 610. The molecule has 0 unspecified atom stereocenters. The fourth-order valence-electron chi connectivity index (χ4n) is 1.35. The van der Waals surface area contributed by atoms with Crippen molar-refractivity contribution in [3.05, 3.63) is 35.2 Å². The third-order valence-electron chi connectivity index (χ3n) is 2.15. The molecule has 1 heterocycles. The topological polar surface area (TPSA) is 56.0 Å². The van der Waals surface area contributed by atoms with Crippen molar-refractivity contribution in [2.45, 2.75) is 23.2 Å². The molecule has 4 nitrogen and oxygen atoms in total. The minimum atomic E-state index is -4.56. The number of benzene rings is 1. The Morgan fingerprint density at radius 1 is 1.32 bits per heavy atom. The molecule has 100 valence electrons. The maximum atomic E-state index is 12.9. The first kappa shape index (κ1) is 13.6. The minimum Gasteiger partial charge on any atom is -0.416 e. The van der Waals surface area contributed by atoms with Gasteiger partial charge in [-0.05, 0) is 23.9 Å². The Morgan fingerprint density at radius 2 is 2.05 bits per heavy atom. The van der Waals surface area contributed by atoms with Crippen LogP contribution in [0, 0.1) is 6.92 Å². The van der Waals surface area contributed by atoms with E-state index in [1.54, 1.807) is 0 Å². The summed E-state index contributed by atoms with van der Waals surface area (Å²) in [5, 5.41) is 7.17. The number of rotatable bonds is 3. The molecule has 0 aliphatic rings. The van der Waals surface area contributed by atoms with Crippen LogP contribution in [0.25, 0.3) is 0 Å². The number of hydrogen-bond donors (Lipinski definition) is 0. The number of carbonyl (C=O) groups excluding carboxylic acids is 1. The maximum absolute atomic E-state index is 12.9. The molecular weight excluding hydrogens is 281 g/mol. The molecule has 19 heavy (non-hydrogen) atoms. The lowest BCUT2D eigenvalue weighted by Gasteiger charge is -2.11. The summed E-state index contributed by atoms with van der Waals surface area (Å²) in [6.45, 7) is 1.54. The first-order valence-electron chi connectivity index (χ1n) is 5.04. The SMILES string of the molecule is Cc1nnc(Sc2ccc(C=O)cc2C(F)(F)F)o1. The molecule has 0 atom stereocenters. The molecule has 1 aromatic carbocycles. The first-order chi connectivity index (χ1) is 8.90. The zero-order valence-electron chi connectivity index (χ0n) is 9.56. The van der Waals surface area contributed by atoms with E-state index in [9.17, 15) is 18.0 Å². The van der Waals surface area contributed by atoms with E-state index in [0.29, 0.717) is 18.0 Å². The van der Waals surface area contributed by atoms with Crippen LogP contribution in [0.5, 0.6) is 0 Å². The Hall–Kier alpha value is -1.83. The Balaban J connectivity index is 2.41. The van der Waals surface area contributed by atoms with Crippen molar-refractivity contribution in [3.63, 3.8) is 0 Å². The lowest BCUT2D eigenvalue weighted by Crippen LogP contribution is -2.07. The fourth-order valence-corrected chi connectivity index (χ4v) is 2.20. The highest BCUT2D eigenvalue weighted by atomic mass is 32.2. The van der Waals surface area contributed by atoms with Crippen molar-refractivity contribution in [2.24, 2.45) is 0 Å². The van der Waals surface area contributed by atoms with E-state index in [-0.39, 0.29) is 21.6 Å². The number of alkyl halides is 3. The largest absolute Gasteiger partial charge is 0.417 e. The number of aryl methyl sites for hydroxylation is 1. The summed E-state index contributed by atoms with van der Waals surface area (Å²) in [6, 6.07) is 3.29. The first-order valence-corrected chi connectivity index (χ1v) is 5.86. The summed E-state index contributed by atoms with van der Waals surface area (Å²) in [4.78, 5) is 10.4. The van der Waals surface area contributed by atoms with Gasteiger partial charge in [-0.15, -0.1) is 10.2 Å². The quantitative estimate of drug-likeness (QED) is 0.810. The number of halogens is 3. The zero-order chi connectivity index (χ0) is 14.0. The molecule has 0 saturated carbocycles.